The van der Waals surface area contributed by atoms with Crippen molar-refractivity contribution in [2.24, 2.45) is 0 Å². The fourth-order valence-electron chi connectivity index (χ4n) is 1.53. The van der Waals surface area contributed by atoms with E-state index in [-0.39, 0.29) is 12.4 Å². The molecule has 0 saturated carbocycles. The molecule has 0 radical (unpaired) electrons. The number of hydrogen-bond acceptors (Lipinski definition) is 5. The predicted molar refractivity (Wildman–Crippen MR) is 64.2 cm³/mol. The molecule has 1 aromatic carbocycles. The highest BCUT2D eigenvalue weighted by atomic mass is 16.5. The van der Waals surface area contributed by atoms with E-state index in [0.717, 1.165) is 5.56 Å². The number of aromatic nitrogens is 2. The molecule has 0 amide bonds. The second kappa shape index (κ2) is 5.44. The number of rotatable bonds is 5. The van der Waals surface area contributed by atoms with Crippen LogP contribution in [0.1, 0.15) is 24.2 Å². The Hall–Kier alpha value is -2.17. The van der Waals surface area contributed by atoms with Crippen molar-refractivity contribution in [3.05, 3.63) is 41.5 Å². The van der Waals surface area contributed by atoms with E-state index in [9.17, 15) is 4.79 Å². The van der Waals surface area contributed by atoms with E-state index in [1.807, 2.05) is 24.3 Å². The lowest BCUT2D eigenvalue weighted by Crippen LogP contribution is -1.98. The van der Waals surface area contributed by atoms with E-state index in [2.05, 4.69) is 10.1 Å². The van der Waals surface area contributed by atoms with Crippen LogP contribution in [-0.4, -0.2) is 15.9 Å². The van der Waals surface area contributed by atoms with Crippen LogP contribution in [0.15, 0.2) is 28.8 Å². The van der Waals surface area contributed by atoms with Crippen molar-refractivity contribution in [1.82, 2.24) is 10.1 Å². The molecule has 0 aliphatic rings. The average Bonchev–Trinajstić information content (AvgIpc) is 2.74. The summed E-state index contributed by atoms with van der Waals surface area (Å²) in [6.07, 6.45) is 0.448. The van der Waals surface area contributed by atoms with Crippen LogP contribution in [0.3, 0.4) is 0 Å². The molecule has 5 nitrogen and oxygen atoms in total. The van der Waals surface area contributed by atoms with Crippen molar-refractivity contribution < 1.29 is 14.1 Å². The lowest BCUT2D eigenvalue weighted by atomic mass is 10.1. The summed E-state index contributed by atoms with van der Waals surface area (Å²) in [5.41, 5.74) is 0.975. The number of carbonyl (C=O) groups excluding carboxylic acids is 1. The summed E-state index contributed by atoms with van der Waals surface area (Å²) in [7, 11) is 0. The first-order valence-corrected chi connectivity index (χ1v) is 5.64. The molecule has 0 unspecified atom stereocenters. The number of nitrogens with zero attached hydrogens (tertiary/aromatic N) is 2. The van der Waals surface area contributed by atoms with Gasteiger partial charge in [0.2, 0.25) is 0 Å². The number of ether oxygens (including phenoxy) is 1. The van der Waals surface area contributed by atoms with Gasteiger partial charge in [0.25, 0.3) is 5.89 Å². The Bertz CT molecular complexity index is 531. The summed E-state index contributed by atoms with van der Waals surface area (Å²) in [4.78, 5) is 15.0. The van der Waals surface area contributed by atoms with E-state index in [4.69, 9.17) is 9.26 Å². The zero-order chi connectivity index (χ0) is 13.0. The first-order valence-electron chi connectivity index (χ1n) is 5.64. The van der Waals surface area contributed by atoms with Crippen LogP contribution in [0, 0.1) is 6.92 Å². The van der Waals surface area contributed by atoms with Crippen LogP contribution < -0.4 is 4.74 Å². The van der Waals surface area contributed by atoms with Crippen molar-refractivity contribution in [1.29, 1.82) is 0 Å². The minimum Gasteiger partial charge on any atom is -0.484 e. The first-order chi connectivity index (χ1) is 8.63. The van der Waals surface area contributed by atoms with Crippen molar-refractivity contribution in [3.63, 3.8) is 0 Å². The maximum atomic E-state index is 11.0. The number of hydrogen-bond donors (Lipinski definition) is 0. The SMILES string of the molecule is CC(=O)Cc1ccc(OCc2nc(C)no2)cc1. The lowest BCUT2D eigenvalue weighted by Gasteiger charge is -2.04. The van der Waals surface area contributed by atoms with Crippen LogP contribution >= 0.6 is 0 Å². The predicted octanol–water partition coefficient (Wildman–Crippen LogP) is 2.09. The molecule has 1 aromatic heterocycles. The summed E-state index contributed by atoms with van der Waals surface area (Å²) in [6.45, 7) is 3.57. The number of aryl methyl sites for hydroxylation is 1. The Kier molecular flexibility index (Phi) is 3.72. The Morgan fingerprint density at radius 3 is 2.61 bits per heavy atom. The van der Waals surface area contributed by atoms with Gasteiger partial charge in [0.1, 0.15) is 11.5 Å². The molecule has 0 saturated heterocycles. The monoisotopic (exact) mass is 246 g/mol. The third kappa shape index (κ3) is 3.41. The van der Waals surface area contributed by atoms with Crippen molar-refractivity contribution in [2.75, 3.05) is 0 Å². The Labute approximate surface area is 105 Å². The minimum absolute atomic E-state index is 0.144. The summed E-state index contributed by atoms with van der Waals surface area (Å²) in [5, 5.41) is 3.67. The molecule has 0 aliphatic carbocycles. The van der Waals surface area contributed by atoms with E-state index in [1.165, 1.54) is 0 Å². The first kappa shape index (κ1) is 12.3. The third-order valence-corrected chi connectivity index (χ3v) is 2.31. The van der Waals surface area contributed by atoms with Gasteiger partial charge in [-0.2, -0.15) is 4.98 Å². The molecule has 0 fully saturated rings. The van der Waals surface area contributed by atoms with Gasteiger partial charge >= 0.3 is 0 Å². The van der Waals surface area contributed by atoms with Crippen LogP contribution in [0.2, 0.25) is 0 Å². The van der Waals surface area contributed by atoms with E-state index in [0.29, 0.717) is 23.9 Å². The number of Topliss-reactive ketones (excluding diaryl/α,β-unsaturated/α-hetero) is 1. The fraction of sp³-hybridized carbons (Fsp3) is 0.308. The standard InChI is InChI=1S/C13H14N2O3/c1-9(16)7-11-3-5-12(6-4-11)17-8-13-14-10(2)15-18-13/h3-6H,7-8H2,1-2H3. The maximum Gasteiger partial charge on any atom is 0.264 e. The van der Waals surface area contributed by atoms with Gasteiger partial charge in [-0.25, -0.2) is 0 Å². The van der Waals surface area contributed by atoms with E-state index >= 15 is 0 Å². The molecule has 2 rings (SSSR count). The molecule has 94 valence electrons. The van der Waals surface area contributed by atoms with Crippen molar-refractivity contribution >= 4 is 5.78 Å². The van der Waals surface area contributed by atoms with Gasteiger partial charge in [-0.15, -0.1) is 0 Å². The van der Waals surface area contributed by atoms with Crippen molar-refractivity contribution in [3.8, 4) is 5.75 Å². The summed E-state index contributed by atoms with van der Waals surface area (Å²) >= 11 is 0. The van der Waals surface area contributed by atoms with E-state index < -0.39 is 0 Å². The highest BCUT2D eigenvalue weighted by molar-refractivity contribution is 5.78. The summed E-state index contributed by atoms with van der Waals surface area (Å²) < 4.78 is 10.4. The summed E-state index contributed by atoms with van der Waals surface area (Å²) in [6, 6.07) is 7.38. The maximum absolute atomic E-state index is 11.0. The molecular weight excluding hydrogens is 232 g/mol. The zero-order valence-electron chi connectivity index (χ0n) is 10.3. The van der Waals surface area contributed by atoms with Gasteiger partial charge in [-0.05, 0) is 31.5 Å². The van der Waals surface area contributed by atoms with Gasteiger partial charge in [0, 0.05) is 6.42 Å². The third-order valence-electron chi connectivity index (χ3n) is 2.31. The van der Waals surface area contributed by atoms with Gasteiger partial charge in [0.15, 0.2) is 12.4 Å². The van der Waals surface area contributed by atoms with Crippen LogP contribution in [0.25, 0.3) is 0 Å². The van der Waals surface area contributed by atoms with Gasteiger partial charge in [0.05, 0.1) is 0 Å². The fourth-order valence-corrected chi connectivity index (χ4v) is 1.53. The van der Waals surface area contributed by atoms with E-state index in [1.54, 1.807) is 13.8 Å². The Morgan fingerprint density at radius 2 is 2.06 bits per heavy atom. The lowest BCUT2D eigenvalue weighted by molar-refractivity contribution is -0.116. The second-order valence-corrected chi connectivity index (χ2v) is 4.05. The highest BCUT2D eigenvalue weighted by Gasteiger charge is 2.04. The number of carbonyl (C=O) groups is 1. The largest absolute Gasteiger partial charge is 0.484 e. The van der Waals surface area contributed by atoms with Crippen LogP contribution in [-0.2, 0) is 17.8 Å². The van der Waals surface area contributed by atoms with Gasteiger partial charge in [-0.1, -0.05) is 17.3 Å². The van der Waals surface area contributed by atoms with Crippen molar-refractivity contribution in [2.45, 2.75) is 26.9 Å². The molecular formula is C13H14N2O3. The molecule has 0 spiro atoms. The quantitative estimate of drug-likeness (QED) is 0.808. The minimum atomic E-state index is 0.144. The van der Waals surface area contributed by atoms with Crippen LogP contribution in [0.5, 0.6) is 5.75 Å². The molecule has 1 heterocycles. The normalized spacial score (nSPS) is 10.3. The topological polar surface area (TPSA) is 65.2 Å². The number of ketones is 1. The zero-order valence-corrected chi connectivity index (χ0v) is 10.3. The Morgan fingerprint density at radius 1 is 1.33 bits per heavy atom. The molecule has 2 aromatic rings. The smallest absolute Gasteiger partial charge is 0.264 e. The van der Waals surface area contributed by atoms with Gasteiger partial charge < -0.3 is 9.26 Å². The highest BCUT2D eigenvalue weighted by Crippen LogP contribution is 2.14. The summed E-state index contributed by atoms with van der Waals surface area (Å²) in [5.74, 6) is 1.88. The number of benzene rings is 1. The molecule has 0 aliphatic heterocycles. The molecule has 18 heavy (non-hydrogen) atoms. The molecule has 0 N–H and O–H groups in total. The molecule has 0 bridgehead atoms. The Balaban J connectivity index is 1.92. The van der Waals surface area contributed by atoms with Gasteiger partial charge in [-0.3, -0.25) is 4.79 Å². The average molecular weight is 246 g/mol. The van der Waals surface area contributed by atoms with Crippen LogP contribution in [0.4, 0.5) is 0 Å². The second-order valence-electron chi connectivity index (χ2n) is 4.05. The molecule has 0 atom stereocenters. The molecule has 5 heteroatoms.